The van der Waals surface area contributed by atoms with Crippen molar-refractivity contribution in [3.63, 3.8) is 0 Å². The van der Waals surface area contributed by atoms with Crippen LogP contribution in [0.25, 0.3) is 0 Å². The van der Waals surface area contributed by atoms with E-state index in [0.29, 0.717) is 5.92 Å². The van der Waals surface area contributed by atoms with Crippen LogP contribution in [0.4, 0.5) is 0 Å². The molecule has 0 aromatic carbocycles. The van der Waals surface area contributed by atoms with Gasteiger partial charge in [0.1, 0.15) is 0 Å². The third kappa shape index (κ3) is 3.26. The molecule has 0 amide bonds. The molecule has 3 heteroatoms. The maximum absolute atomic E-state index is 11.8. The molecule has 3 nitrogen and oxygen atoms in total. The fourth-order valence-electron chi connectivity index (χ4n) is 1.66. The molecule has 0 saturated carbocycles. The normalized spacial score (nSPS) is 11.6. The number of hydrogen-bond acceptors (Lipinski definition) is 1. The van der Waals surface area contributed by atoms with Crippen LogP contribution in [0.3, 0.4) is 0 Å². The molecule has 1 aromatic heterocycles. The zero-order valence-corrected chi connectivity index (χ0v) is 10.2. The monoisotopic (exact) mass is 210 g/mol. The summed E-state index contributed by atoms with van der Waals surface area (Å²) in [6.45, 7) is 9.32. The summed E-state index contributed by atoms with van der Waals surface area (Å²) in [5.74, 6) is 0.716. The van der Waals surface area contributed by atoms with Crippen LogP contribution in [0, 0.1) is 5.92 Å². The molecule has 0 radical (unpaired) electrons. The van der Waals surface area contributed by atoms with E-state index in [1.165, 1.54) is 6.42 Å². The summed E-state index contributed by atoms with van der Waals surface area (Å²) in [4.78, 5) is 11.8. The van der Waals surface area contributed by atoms with Crippen LogP contribution < -0.4 is 5.69 Å². The predicted octanol–water partition coefficient (Wildman–Crippen LogP) is 2.67. The van der Waals surface area contributed by atoms with Crippen molar-refractivity contribution in [2.24, 2.45) is 5.92 Å². The van der Waals surface area contributed by atoms with Gasteiger partial charge >= 0.3 is 5.69 Å². The molecule has 0 spiro atoms. The Hall–Kier alpha value is -0.990. The molecule has 1 heterocycles. The van der Waals surface area contributed by atoms with Crippen LogP contribution in [0.2, 0.25) is 0 Å². The second-order valence-electron chi connectivity index (χ2n) is 4.81. The van der Waals surface area contributed by atoms with E-state index in [1.54, 1.807) is 4.57 Å². The third-order valence-electron chi connectivity index (χ3n) is 2.61. The molecule has 0 saturated heterocycles. The van der Waals surface area contributed by atoms with Gasteiger partial charge < -0.3 is 0 Å². The number of imidazole rings is 1. The van der Waals surface area contributed by atoms with Gasteiger partial charge in [-0.25, -0.2) is 4.79 Å². The van der Waals surface area contributed by atoms with Gasteiger partial charge in [-0.15, -0.1) is 0 Å². The van der Waals surface area contributed by atoms with Crippen LogP contribution in [0.5, 0.6) is 0 Å². The van der Waals surface area contributed by atoms with Gasteiger partial charge in [0.15, 0.2) is 0 Å². The average molecular weight is 210 g/mol. The summed E-state index contributed by atoms with van der Waals surface area (Å²) < 4.78 is 3.58. The van der Waals surface area contributed by atoms with Crippen molar-refractivity contribution in [3.8, 4) is 0 Å². The Morgan fingerprint density at radius 1 is 1.20 bits per heavy atom. The Morgan fingerprint density at radius 3 is 2.33 bits per heavy atom. The van der Waals surface area contributed by atoms with Crippen LogP contribution in [-0.4, -0.2) is 9.13 Å². The Balaban J connectivity index is 2.59. The van der Waals surface area contributed by atoms with Crippen molar-refractivity contribution < 1.29 is 0 Å². The van der Waals surface area contributed by atoms with Crippen LogP contribution in [0.15, 0.2) is 17.2 Å². The number of hydrogen-bond donors (Lipinski definition) is 0. The maximum Gasteiger partial charge on any atom is 0.328 e. The standard InChI is InChI=1S/C12H22N2O/c1-10(2)6-5-7-13-8-9-14(11(3)4)12(13)15/h8-11H,5-7H2,1-4H3. The molecule has 0 bridgehead atoms. The van der Waals surface area contributed by atoms with E-state index < -0.39 is 0 Å². The first kappa shape index (κ1) is 12.1. The topological polar surface area (TPSA) is 26.9 Å². The lowest BCUT2D eigenvalue weighted by Gasteiger charge is -2.06. The van der Waals surface area contributed by atoms with Crippen molar-refractivity contribution in [2.45, 2.75) is 53.1 Å². The molecule has 0 unspecified atom stereocenters. The highest BCUT2D eigenvalue weighted by atomic mass is 16.1. The largest absolute Gasteiger partial charge is 0.328 e. The molecule has 0 aliphatic heterocycles. The third-order valence-corrected chi connectivity index (χ3v) is 2.61. The SMILES string of the molecule is CC(C)CCCn1ccn(C(C)C)c1=O. The molecule has 1 rings (SSSR count). The van der Waals surface area contributed by atoms with E-state index in [2.05, 4.69) is 13.8 Å². The number of nitrogens with zero attached hydrogens (tertiary/aromatic N) is 2. The second kappa shape index (κ2) is 5.19. The van der Waals surface area contributed by atoms with Gasteiger partial charge in [0.2, 0.25) is 0 Å². The van der Waals surface area contributed by atoms with E-state index in [9.17, 15) is 4.79 Å². The summed E-state index contributed by atoms with van der Waals surface area (Å²) >= 11 is 0. The first-order chi connectivity index (χ1) is 7.02. The van der Waals surface area contributed by atoms with E-state index in [0.717, 1.165) is 13.0 Å². The van der Waals surface area contributed by atoms with E-state index in [4.69, 9.17) is 0 Å². The maximum atomic E-state index is 11.8. The lowest BCUT2D eigenvalue weighted by Crippen LogP contribution is -2.25. The second-order valence-corrected chi connectivity index (χ2v) is 4.81. The molecule has 15 heavy (non-hydrogen) atoms. The van der Waals surface area contributed by atoms with E-state index in [-0.39, 0.29) is 11.7 Å². The summed E-state index contributed by atoms with van der Waals surface area (Å²) in [6, 6.07) is 0.254. The Bertz CT molecular complexity index is 347. The summed E-state index contributed by atoms with van der Waals surface area (Å²) in [6.07, 6.45) is 6.03. The molecule has 1 aromatic rings. The van der Waals surface area contributed by atoms with Crippen molar-refractivity contribution in [1.29, 1.82) is 0 Å². The van der Waals surface area contributed by atoms with Crippen molar-refractivity contribution in [2.75, 3.05) is 0 Å². The predicted molar refractivity (Wildman–Crippen MR) is 63.1 cm³/mol. The molecular weight excluding hydrogens is 188 g/mol. The first-order valence-corrected chi connectivity index (χ1v) is 5.79. The van der Waals surface area contributed by atoms with Gasteiger partial charge in [-0.2, -0.15) is 0 Å². The quantitative estimate of drug-likeness (QED) is 0.734. The number of rotatable bonds is 5. The first-order valence-electron chi connectivity index (χ1n) is 5.79. The van der Waals surface area contributed by atoms with Gasteiger partial charge in [-0.05, 0) is 32.6 Å². The Kier molecular flexibility index (Phi) is 4.18. The number of aryl methyl sites for hydroxylation is 1. The van der Waals surface area contributed by atoms with Gasteiger partial charge in [-0.3, -0.25) is 9.13 Å². The van der Waals surface area contributed by atoms with Crippen LogP contribution >= 0.6 is 0 Å². The highest BCUT2D eigenvalue weighted by molar-refractivity contribution is 4.83. The molecule has 0 atom stereocenters. The zero-order valence-electron chi connectivity index (χ0n) is 10.2. The van der Waals surface area contributed by atoms with Crippen molar-refractivity contribution in [3.05, 3.63) is 22.9 Å². The van der Waals surface area contributed by atoms with Gasteiger partial charge in [-0.1, -0.05) is 13.8 Å². The minimum Gasteiger partial charge on any atom is -0.299 e. The highest BCUT2D eigenvalue weighted by Gasteiger charge is 2.05. The molecule has 0 fully saturated rings. The van der Waals surface area contributed by atoms with Gasteiger partial charge in [0.05, 0.1) is 0 Å². The molecule has 0 aliphatic carbocycles. The molecule has 86 valence electrons. The van der Waals surface area contributed by atoms with Crippen LogP contribution in [-0.2, 0) is 6.54 Å². The van der Waals surface area contributed by atoms with Crippen molar-refractivity contribution in [1.82, 2.24) is 9.13 Å². The van der Waals surface area contributed by atoms with Gasteiger partial charge in [0.25, 0.3) is 0 Å². The fourth-order valence-corrected chi connectivity index (χ4v) is 1.66. The minimum absolute atomic E-state index is 0.119. The Morgan fingerprint density at radius 2 is 1.87 bits per heavy atom. The summed E-state index contributed by atoms with van der Waals surface area (Å²) in [5.41, 5.74) is 0.119. The fraction of sp³-hybridized carbons (Fsp3) is 0.750. The lowest BCUT2D eigenvalue weighted by molar-refractivity contribution is 0.492. The Labute approximate surface area is 91.7 Å². The average Bonchev–Trinajstić information content (AvgIpc) is 2.47. The lowest BCUT2D eigenvalue weighted by atomic mass is 10.1. The summed E-state index contributed by atoms with van der Waals surface area (Å²) in [7, 11) is 0. The molecular formula is C12H22N2O. The van der Waals surface area contributed by atoms with Gasteiger partial charge in [0, 0.05) is 25.0 Å². The highest BCUT2D eigenvalue weighted by Crippen LogP contribution is 2.05. The summed E-state index contributed by atoms with van der Waals surface area (Å²) in [5, 5.41) is 0. The minimum atomic E-state index is 0.119. The van der Waals surface area contributed by atoms with Crippen molar-refractivity contribution >= 4 is 0 Å². The smallest absolute Gasteiger partial charge is 0.299 e. The van der Waals surface area contributed by atoms with E-state index in [1.807, 2.05) is 30.8 Å². The van der Waals surface area contributed by atoms with Crippen LogP contribution in [0.1, 0.15) is 46.6 Å². The van der Waals surface area contributed by atoms with E-state index >= 15 is 0 Å². The number of aromatic nitrogens is 2. The molecule has 0 aliphatic rings. The molecule has 0 N–H and O–H groups in total. The zero-order chi connectivity index (χ0) is 11.4.